The van der Waals surface area contributed by atoms with Crippen LogP contribution in [0, 0.1) is 12.8 Å². The van der Waals surface area contributed by atoms with Crippen LogP contribution >= 0.6 is 0 Å². The van der Waals surface area contributed by atoms with Crippen LogP contribution in [-0.4, -0.2) is 27.2 Å². The van der Waals surface area contributed by atoms with E-state index in [1.165, 1.54) is 12.8 Å². The van der Waals surface area contributed by atoms with Gasteiger partial charge in [0.2, 0.25) is 5.91 Å². The number of nitrogens with zero attached hydrogens (tertiary/aromatic N) is 2. The Morgan fingerprint density at radius 1 is 1.00 bits per heavy atom. The van der Waals surface area contributed by atoms with Gasteiger partial charge in [0, 0.05) is 18.2 Å². The molecule has 2 aromatic rings. The van der Waals surface area contributed by atoms with Crippen LogP contribution in [0.3, 0.4) is 0 Å². The summed E-state index contributed by atoms with van der Waals surface area (Å²) in [4.78, 5) is 30.5. The molecular formula is C22H30N4O2. The predicted octanol–water partition coefficient (Wildman–Crippen LogP) is 4.22. The van der Waals surface area contributed by atoms with Gasteiger partial charge in [-0.25, -0.2) is 4.98 Å². The molecule has 0 aromatic carbocycles. The highest BCUT2D eigenvalue weighted by Crippen LogP contribution is 2.27. The third kappa shape index (κ3) is 4.05. The molecule has 0 saturated heterocycles. The summed E-state index contributed by atoms with van der Waals surface area (Å²) in [7, 11) is 0. The zero-order valence-electron chi connectivity index (χ0n) is 16.7. The molecule has 2 aliphatic carbocycles. The van der Waals surface area contributed by atoms with Crippen molar-refractivity contribution in [3.8, 4) is 0 Å². The van der Waals surface area contributed by atoms with Crippen LogP contribution in [0.25, 0.3) is 5.65 Å². The zero-order valence-corrected chi connectivity index (χ0v) is 16.7. The minimum Gasteiger partial charge on any atom is -0.348 e. The van der Waals surface area contributed by atoms with Gasteiger partial charge >= 0.3 is 0 Å². The van der Waals surface area contributed by atoms with E-state index in [-0.39, 0.29) is 23.8 Å². The summed E-state index contributed by atoms with van der Waals surface area (Å²) in [6, 6.07) is 4.07. The fourth-order valence-electron chi connectivity index (χ4n) is 4.54. The summed E-state index contributed by atoms with van der Waals surface area (Å²) in [5.74, 6) is 0.250. The normalized spacial score (nSPS) is 18.9. The highest BCUT2D eigenvalue weighted by molar-refractivity contribution is 6.03. The van der Waals surface area contributed by atoms with Crippen molar-refractivity contribution in [1.82, 2.24) is 14.7 Å². The second kappa shape index (κ2) is 8.33. The molecule has 0 unspecified atom stereocenters. The lowest BCUT2D eigenvalue weighted by Crippen LogP contribution is -2.37. The van der Waals surface area contributed by atoms with E-state index in [2.05, 4.69) is 15.6 Å². The molecule has 2 amide bonds. The number of pyridine rings is 1. The third-order valence-corrected chi connectivity index (χ3v) is 6.14. The Morgan fingerprint density at radius 3 is 2.39 bits per heavy atom. The molecule has 2 heterocycles. The van der Waals surface area contributed by atoms with Gasteiger partial charge < -0.3 is 10.6 Å². The fraction of sp³-hybridized carbons (Fsp3) is 0.591. The highest BCUT2D eigenvalue weighted by Gasteiger charge is 2.27. The summed E-state index contributed by atoms with van der Waals surface area (Å²) in [5.41, 5.74) is 2.16. The molecule has 2 aromatic heterocycles. The molecule has 0 bridgehead atoms. The highest BCUT2D eigenvalue weighted by atomic mass is 16.2. The van der Waals surface area contributed by atoms with Gasteiger partial charge in [0.15, 0.2) is 11.5 Å². The summed E-state index contributed by atoms with van der Waals surface area (Å²) < 4.78 is 1.81. The topological polar surface area (TPSA) is 75.5 Å². The van der Waals surface area contributed by atoms with E-state index < -0.39 is 0 Å². The van der Waals surface area contributed by atoms with E-state index in [4.69, 9.17) is 0 Å². The summed E-state index contributed by atoms with van der Waals surface area (Å²) >= 11 is 0. The van der Waals surface area contributed by atoms with Gasteiger partial charge in [-0.15, -0.1) is 0 Å². The van der Waals surface area contributed by atoms with Gasteiger partial charge in [0.1, 0.15) is 5.65 Å². The van der Waals surface area contributed by atoms with Crippen molar-refractivity contribution in [2.45, 2.75) is 77.2 Å². The molecule has 28 heavy (non-hydrogen) atoms. The lowest BCUT2D eigenvalue weighted by atomic mass is 9.89. The number of carbonyl (C=O) groups is 2. The zero-order chi connectivity index (χ0) is 19.5. The maximum Gasteiger partial charge on any atom is 0.272 e. The number of aromatic nitrogens is 2. The number of hydrogen-bond donors (Lipinski definition) is 2. The monoisotopic (exact) mass is 382 g/mol. The predicted molar refractivity (Wildman–Crippen MR) is 109 cm³/mol. The van der Waals surface area contributed by atoms with E-state index in [1.54, 1.807) is 0 Å². The molecule has 0 atom stereocenters. The molecule has 0 aliphatic heterocycles. The standard InChI is InChI=1S/C22H30N4O2/c1-15-12-13-18-24-20(25-21(27)16-8-4-2-5-9-16)19(26(18)14-15)22(28)23-17-10-6-3-7-11-17/h12-14,16-17H,2-11H2,1H3,(H,23,28)(H,25,27). The number of nitrogens with one attached hydrogen (secondary N) is 2. The molecule has 4 rings (SSSR count). The number of hydrogen-bond acceptors (Lipinski definition) is 3. The van der Waals surface area contributed by atoms with Gasteiger partial charge in [-0.3, -0.25) is 14.0 Å². The van der Waals surface area contributed by atoms with Crippen LogP contribution in [0.4, 0.5) is 5.82 Å². The maximum atomic E-state index is 13.2. The first kappa shape index (κ1) is 19.0. The van der Waals surface area contributed by atoms with Crippen LogP contribution in [0.2, 0.25) is 0 Å². The minimum atomic E-state index is -0.149. The average Bonchev–Trinajstić information content (AvgIpc) is 3.06. The molecular weight excluding hydrogens is 352 g/mol. The van der Waals surface area contributed by atoms with E-state index >= 15 is 0 Å². The van der Waals surface area contributed by atoms with Gasteiger partial charge in [-0.2, -0.15) is 0 Å². The molecule has 2 N–H and O–H groups in total. The van der Waals surface area contributed by atoms with Crippen molar-refractivity contribution in [1.29, 1.82) is 0 Å². The fourth-order valence-corrected chi connectivity index (χ4v) is 4.54. The number of rotatable bonds is 4. The lowest BCUT2D eigenvalue weighted by Gasteiger charge is -2.23. The van der Waals surface area contributed by atoms with Crippen LogP contribution in [0.1, 0.15) is 80.3 Å². The lowest BCUT2D eigenvalue weighted by molar-refractivity contribution is -0.120. The Bertz CT molecular complexity index is 861. The Morgan fingerprint density at radius 2 is 1.68 bits per heavy atom. The Hall–Kier alpha value is -2.37. The molecule has 150 valence electrons. The third-order valence-electron chi connectivity index (χ3n) is 6.14. The Labute approximate surface area is 166 Å². The number of amides is 2. The van der Waals surface area contributed by atoms with Crippen LogP contribution in [-0.2, 0) is 4.79 Å². The smallest absolute Gasteiger partial charge is 0.272 e. The number of anilines is 1. The summed E-state index contributed by atoms with van der Waals surface area (Å²) in [6.07, 6.45) is 12.7. The SMILES string of the molecule is Cc1ccc2nc(NC(=O)C3CCCCC3)c(C(=O)NC3CCCCC3)n2c1. The summed E-state index contributed by atoms with van der Waals surface area (Å²) in [5, 5.41) is 6.15. The van der Waals surface area contributed by atoms with E-state index in [0.717, 1.165) is 56.9 Å². The maximum absolute atomic E-state index is 13.2. The largest absolute Gasteiger partial charge is 0.348 e. The van der Waals surface area contributed by atoms with E-state index in [0.29, 0.717) is 17.2 Å². The second-order valence-corrected chi connectivity index (χ2v) is 8.38. The molecule has 2 aliphatic rings. The molecule has 6 nitrogen and oxygen atoms in total. The molecule has 2 fully saturated rings. The van der Waals surface area contributed by atoms with Gasteiger partial charge in [-0.05, 0) is 44.2 Å². The number of imidazole rings is 1. The first-order chi connectivity index (χ1) is 13.6. The van der Waals surface area contributed by atoms with Crippen molar-refractivity contribution in [3.05, 3.63) is 29.6 Å². The summed E-state index contributed by atoms with van der Waals surface area (Å²) in [6.45, 7) is 1.99. The van der Waals surface area contributed by atoms with Crippen molar-refractivity contribution >= 4 is 23.3 Å². The minimum absolute atomic E-state index is 0.00783. The molecule has 6 heteroatoms. The first-order valence-corrected chi connectivity index (χ1v) is 10.7. The van der Waals surface area contributed by atoms with Gasteiger partial charge in [0.05, 0.1) is 0 Å². The van der Waals surface area contributed by atoms with E-state index in [9.17, 15) is 9.59 Å². The van der Waals surface area contributed by atoms with Gasteiger partial charge in [-0.1, -0.05) is 44.6 Å². The van der Waals surface area contributed by atoms with Gasteiger partial charge in [0.25, 0.3) is 5.91 Å². The Balaban J connectivity index is 1.62. The van der Waals surface area contributed by atoms with Crippen LogP contribution < -0.4 is 10.6 Å². The molecule has 0 radical (unpaired) electrons. The average molecular weight is 383 g/mol. The number of carbonyl (C=O) groups excluding carboxylic acids is 2. The van der Waals surface area contributed by atoms with Crippen LogP contribution in [0.5, 0.6) is 0 Å². The van der Waals surface area contributed by atoms with Crippen molar-refractivity contribution in [3.63, 3.8) is 0 Å². The number of fused-ring (bicyclic) bond motifs is 1. The van der Waals surface area contributed by atoms with Crippen molar-refractivity contribution < 1.29 is 9.59 Å². The van der Waals surface area contributed by atoms with Crippen molar-refractivity contribution in [2.24, 2.45) is 5.92 Å². The van der Waals surface area contributed by atoms with Crippen molar-refractivity contribution in [2.75, 3.05) is 5.32 Å². The van der Waals surface area contributed by atoms with Crippen LogP contribution in [0.15, 0.2) is 18.3 Å². The molecule has 2 saturated carbocycles. The quantitative estimate of drug-likeness (QED) is 0.831. The number of aryl methyl sites for hydroxylation is 1. The first-order valence-electron chi connectivity index (χ1n) is 10.7. The molecule has 0 spiro atoms. The van der Waals surface area contributed by atoms with E-state index in [1.807, 2.05) is 29.7 Å². The second-order valence-electron chi connectivity index (χ2n) is 8.38. The Kier molecular flexibility index (Phi) is 5.64.